The van der Waals surface area contributed by atoms with Gasteiger partial charge in [0.1, 0.15) is 0 Å². The van der Waals surface area contributed by atoms with Crippen LogP contribution in [-0.4, -0.2) is 17.7 Å². The fourth-order valence-electron chi connectivity index (χ4n) is 0.539. The standard InChI is InChI=1S/C6H13N3S/c7-3-5-10-4-1-2-6(8)9/h6H,1-2,4-5,8-9H2. The lowest BCUT2D eigenvalue weighted by molar-refractivity contribution is 0.631. The van der Waals surface area contributed by atoms with E-state index >= 15 is 0 Å². The number of thioether (sulfide) groups is 1. The van der Waals surface area contributed by atoms with Crippen molar-refractivity contribution >= 4 is 11.8 Å². The van der Waals surface area contributed by atoms with Crippen molar-refractivity contribution in [3.8, 4) is 6.07 Å². The van der Waals surface area contributed by atoms with Gasteiger partial charge in [-0.1, -0.05) is 0 Å². The van der Waals surface area contributed by atoms with Crippen molar-refractivity contribution in [1.82, 2.24) is 0 Å². The Morgan fingerprint density at radius 1 is 1.50 bits per heavy atom. The monoisotopic (exact) mass is 159 g/mol. The number of nitrogens with zero attached hydrogens (tertiary/aromatic N) is 1. The maximum Gasteiger partial charge on any atom is 0.0808 e. The van der Waals surface area contributed by atoms with Crippen LogP contribution in [0.4, 0.5) is 0 Å². The van der Waals surface area contributed by atoms with Gasteiger partial charge in [0, 0.05) is 0 Å². The summed E-state index contributed by atoms with van der Waals surface area (Å²) in [6.07, 6.45) is 1.66. The Morgan fingerprint density at radius 2 is 2.20 bits per heavy atom. The second-order valence-corrected chi connectivity index (χ2v) is 3.12. The van der Waals surface area contributed by atoms with Gasteiger partial charge in [0.15, 0.2) is 0 Å². The minimum absolute atomic E-state index is 0.192. The highest BCUT2D eigenvalue weighted by atomic mass is 32.2. The number of rotatable bonds is 5. The highest BCUT2D eigenvalue weighted by Crippen LogP contribution is 2.02. The first-order valence-corrected chi connectivity index (χ1v) is 4.38. The molecule has 0 saturated carbocycles. The number of nitrogens with two attached hydrogens (primary N) is 2. The largest absolute Gasteiger partial charge is 0.316 e. The van der Waals surface area contributed by atoms with Crippen LogP contribution in [-0.2, 0) is 0 Å². The maximum absolute atomic E-state index is 8.15. The molecule has 4 N–H and O–H groups in total. The molecule has 4 heteroatoms. The van der Waals surface area contributed by atoms with Crippen LogP contribution in [0.3, 0.4) is 0 Å². The van der Waals surface area contributed by atoms with E-state index in [1.165, 1.54) is 0 Å². The van der Waals surface area contributed by atoms with E-state index in [0.717, 1.165) is 18.6 Å². The normalized spacial score (nSPS) is 9.80. The summed E-state index contributed by atoms with van der Waals surface area (Å²) in [4.78, 5) is 0. The molecule has 0 amide bonds. The molecule has 58 valence electrons. The molecule has 0 fully saturated rings. The Balaban J connectivity index is 2.86. The van der Waals surface area contributed by atoms with E-state index in [1.54, 1.807) is 11.8 Å². The van der Waals surface area contributed by atoms with Crippen LogP contribution in [0, 0.1) is 11.3 Å². The first-order chi connectivity index (χ1) is 4.77. The summed E-state index contributed by atoms with van der Waals surface area (Å²) in [6.45, 7) is 0. The molecule has 0 atom stereocenters. The predicted octanol–water partition coefficient (Wildman–Crippen LogP) is 0.267. The van der Waals surface area contributed by atoms with Crippen molar-refractivity contribution in [1.29, 1.82) is 5.26 Å². The van der Waals surface area contributed by atoms with Gasteiger partial charge < -0.3 is 11.5 Å². The van der Waals surface area contributed by atoms with Gasteiger partial charge in [0.2, 0.25) is 0 Å². The molecule has 0 saturated heterocycles. The minimum Gasteiger partial charge on any atom is -0.316 e. The van der Waals surface area contributed by atoms with E-state index in [9.17, 15) is 0 Å². The third kappa shape index (κ3) is 7.76. The molecular formula is C6H13N3S. The average Bonchev–Trinajstić information content (AvgIpc) is 1.87. The van der Waals surface area contributed by atoms with Crippen LogP contribution in [0.5, 0.6) is 0 Å². The number of nitriles is 1. The van der Waals surface area contributed by atoms with Gasteiger partial charge in [-0.05, 0) is 18.6 Å². The second-order valence-electron chi connectivity index (χ2n) is 2.02. The molecule has 0 bridgehead atoms. The smallest absolute Gasteiger partial charge is 0.0808 e. The topological polar surface area (TPSA) is 75.8 Å². The molecule has 0 aliphatic heterocycles. The van der Waals surface area contributed by atoms with Gasteiger partial charge in [-0.15, -0.1) is 11.8 Å². The third-order valence-corrected chi connectivity index (χ3v) is 1.90. The second kappa shape index (κ2) is 6.87. The van der Waals surface area contributed by atoms with Gasteiger partial charge in [0.25, 0.3) is 0 Å². The summed E-state index contributed by atoms with van der Waals surface area (Å²) in [7, 11) is 0. The molecule has 3 nitrogen and oxygen atoms in total. The molecule has 0 rings (SSSR count). The Hall–Kier alpha value is -0.240. The minimum atomic E-state index is -0.192. The first-order valence-electron chi connectivity index (χ1n) is 3.23. The molecule has 0 aromatic rings. The van der Waals surface area contributed by atoms with Crippen molar-refractivity contribution in [2.24, 2.45) is 11.5 Å². The molecule has 10 heavy (non-hydrogen) atoms. The summed E-state index contributed by atoms with van der Waals surface area (Å²) in [5.41, 5.74) is 10.6. The van der Waals surface area contributed by atoms with Crippen LogP contribution in [0.2, 0.25) is 0 Å². The fraction of sp³-hybridized carbons (Fsp3) is 0.833. The number of hydrogen-bond acceptors (Lipinski definition) is 4. The Labute approximate surface area is 65.8 Å². The van der Waals surface area contributed by atoms with Crippen molar-refractivity contribution < 1.29 is 0 Å². The van der Waals surface area contributed by atoms with Gasteiger partial charge in [-0.3, -0.25) is 0 Å². The van der Waals surface area contributed by atoms with Crippen molar-refractivity contribution in [2.45, 2.75) is 19.0 Å². The maximum atomic E-state index is 8.15. The van der Waals surface area contributed by atoms with Gasteiger partial charge in [0.05, 0.1) is 18.0 Å². The van der Waals surface area contributed by atoms with E-state index in [0.29, 0.717) is 5.75 Å². The molecule has 0 radical (unpaired) electrons. The van der Waals surface area contributed by atoms with Crippen LogP contribution in [0.1, 0.15) is 12.8 Å². The Morgan fingerprint density at radius 3 is 2.70 bits per heavy atom. The van der Waals surface area contributed by atoms with Crippen LogP contribution >= 0.6 is 11.8 Å². The van der Waals surface area contributed by atoms with E-state index in [2.05, 4.69) is 6.07 Å². The van der Waals surface area contributed by atoms with E-state index in [4.69, 9.17) is 16.7 Å². The van der Waals surface area contributed by atoms with Crippen LogP contribution < -0.4 is 11.5 Å². The molecule has 0 heterocycles. The summed E-state index contributed by atoms with van der Waals surface area (Å²) >= 11 is 1.62. The van der Waals surface area contributed by atoms with Crippen molar-refractivity contribution in [2.75, 3.05) is 11.5 Å². The quantitative estimate of drug-likeness (QED) is 0.446. The lowest BCUT2D eigenvalue weighted by Gasteiger charge is -2.02. The number of hydrogen-bond donors (Lipinski definition) is 2. The van der Waals surface area contributed by atoms with E-state index in [-0.39, 0.29) is 6.17 Å². The van der Waals surface area contributed by atoms with Crippen molar-refractivity contribution in [3.05, 3.63) is 0 Å². The SMILES string of the molecule is N#CCSCCCC(N)N. The van der Waals surface area contributed by atoms with Crippen LogP contribution in [0.15, 0.2) is 0 Å². The molecule has 0 spiro atoms. The fourth-order valence-corrected chi connectivity index (χ4v) is 1.15. The summed E-state index contributed by atoms with van der Waals surface area (Å²) in [5, 5.41) is 8.15. The molecule has 0 aliphatic carbocycles. The predicted molar refractivity (Wildman–Crippen MR) is 44.3 cm³/mol. The highest BCUT2D eigenvalue weighted by molar-refractivity contribution is 7.99. The Kier molecular flexibility index (Phi) is 6.71. The molecule has 0 aliphatic rings. The average molecular weight is 159 g/mol. The lowest BCUT2D eigenvalue weighted by Crippen LogP contribution is -2.30. The zero-order valence-electron chi connectivity index (χ0n) is 5.92. The highest BCUT2D eigenvalue weighted by Gasteiger charge is 1.93. The van der Waals surface area contributed by atoms with E-state index in [1.807, 2.05) is 0 Å². The van der Waals surface area contributed by atoms with E-state index < -0.39 is 0 Å². The zero-order chi connectivity index (χ0) is 7.82. The third-order valence-electron chi connectivity index (χ3n) is 0.993. The van der Waals surface area contributed by atoms with Crippen molar-refractivity contribution in [3.63, 3.8) is 0 Å². The summed E-state index contributed by atoms with van der Waals surface area (Å²) in [5.74, 6) is 1.55. The summed E-state index contributed by atoms with van der Waals surface area (Å²) in [6, 6.07) is 2.06. The first kappa shape index (κ1) is 9.76. The molecular weight excluding hydrogens is 146 g/mol. The lowest BCUT2D eigenvalue weighted by atomic mass is 10.3. The van der Waals surface area contributed by atoms with Crippen LogP contribution in [0.25, 0.3) is 0 Å². The zero-order valence-corrected chi connectivity index (χ0v) is 6.73. The molecule has 0 aromatic heterocycles. The van der Waals surface area contributed by atoms with Gasteiger partial charge >= 0.3 is 0 Å². The molecule has 0 aromatic carbocycles. The summed E-state index contributed by atoms with van der Waals surface area (Å²) < 4.78 is 0. The Bertz CT molecular complexity index is 108. The van der Waals surface area contributed by atoms with Gasteiger partial charge in [-0.2, -0.15) is 5.26 Å². The van der Waals surface area contributed by atoms with Gasteiger partial charge in [-0.25, -0.2) is 0 Å². The molecule has 0 unspecified atom stereocenters.